The number of anilines is 2. The first-order valence-corrected chi connectivity index (χ1v) is 13.7. The van der Waals surface area contributed by atoms with Crippen molar-refractivity contribution in [1.82, 2.24) is 20.4 Å². The lowest BCUT2D eigenvalue weighted by Gasteiger charge is -2.26. The number of nitriles is 1. The Bertz CT molecular complexity index is 1810. The maximum absolute atomic E-state index is 14.2. The van der Waals surface area contributed by atoms with Gasteiger partial charge in [-0.3, -0.25) is 14.4 Å². The van der Waals surface area contributed by atoms with E-state index in [1.807, 2.05) is 0 Å². The topological polar surface area (TPSA) is 123 Å². The summed E-state index contributed by atoms with van der Waals surface area (Å²) < 4.78 is 43.0. The van der Waals surface area contributed by atoms with E-state index in [-0.39, 0.29) is 24.5 Å². The summed E-state index contributed by atoms with van der Waals surface area (Å²) in [6.45, 7) is 2.17. The molecule has 0 saturated carbocycles. The first-order chi connectivity index (χ1) is 20.9. The molecule has 1 aliphatic rings. The van der Waals surface area contributed by atoms with Gasteiger partial charge in [-0.2, -0.15) is 23.5 Å². The number of aromatic nitrogens is 2. The van der Waals surface area contributed by atoms with Gasteiger partial charge in [0.15, 0.2) is 0 Å². The Kier molecular flexibility index (Phi) is 8.12. The van der Waals surface area contributed by atoms with Gasteiger partial charge in [-0.05, 0) is 50.4 Å². The summed E-state index contributed by atoms with van der Waals surface area (Å²) in [7, 11) is 1.56. The molecule has 5 rings (SSSR count). The third kappa shape index (κ3) is 5.59. The van der Waals surface area contributed by atoms with E-state index < -0.39 is 41.5 Å². The Balaban J connectivity index is 1.68. The molecular weight excluding hydrogens is 575 g/mol. The molecule has 0 unspecified atom stereocenters. The first kappa shape index (κ1) is 30.2. The van der Waals surface area contributed by atoms with Crippen molar-refractivity contribution in [2.75, 3.05) is 23.4 Å². The van der Waals surface area contributed by atoms with E-state index in [1.54, 1.807) is 67.2 Å². The molecule has 4 aromatic rings. The number of amides is 3. The van der Waals surface area contributed by atoms with Crippen LogP contribution in [0.25, 0.3) is 16.6 Å². The lowest BCUT2D eigenvalue weighted by molar-refractivity contribution is -0.137. The van der Waals surface area contributed by atoms with Crippen LogP contribution < -0.4 is 20.4 Å². The van der Waals surface area contributed by atoms with E-state index in [4.69, 9.17) is 5.10 Å². The SMILES string of the molecule is CN[C@@H](C)C(=O)N[C@H]1CN(C(C)=O)c2cc(C(F)(F)F)ccc2N(Cc2nn(-c3ccccc3C#N)c3ccccc23)C1=O. The van der Waals surface area contributed by atoms with Gasteiger partial charge in [-0.15, -0.1) is 0 Å². The molecule has 0 fully saturated rings. The molecule has 2 N–H and O–H groups in total. The second-order valence-electron chi connectivity index (χ2n) is 10.3. The second-order valence-corrected chi connectivity index (χ2v) is 10.3. The van der Waals surface area contributed by atoms with Crippen molar-refractivity contribution in [3.63, 3.8) is 0 Å². The zero-order valence-electron chi connectivity index (χ0n) is 24.0. The van der Waals surface area contributed by atoms with Crippen LogP contribution in [0.15, 0.2) is 66.7 Å². The summed E-state index contributed by atoms with van der Waals surface area (Å²) in [6.07, 6.45) is -4.71. The minimum absolute atomic E-state index is 0.0488. The largest absolute Gasteiger partial charge is 0.416 e. The van der Waals surface area contributed by atoms with E-state index in [0.29, 0.717) is 27.8 Å². The monoisotopic (exact) mass is 603 g/mol. The highest BCUT2D eigenvalue weighted by molar-refractivity contribution is 6.08. The van der Waals surface area contributed by atoms with Gasteiger partial charge in [0, 0.05) is 12.3 Å². The van der Waals surface area contributed by atoms with Gasteiger partial charge in [0.1, 0.15) is 12.1 Å². The lowest BCUT2D eigenvalue weighted by atomic mass is 10.1. The number of nitrogens with zero attached hydrogens (tertiary/aromatic N) is 5. The van der Waals surface area contributed by atoms with Crippen LogP contribution in [0.4, 0.5) is 24.5 Å². The van der Waals surface area contributed by atoms with Crippen molar-refractivity contribution >= 4 is 40.0 Å². The normalized spacial score (nSPS) is 15.8. The zero-order chi connectivity index (χ0) is 31.8. The van der Waals surface area contributed by atoms with Gasteiger partial charge >= 0.3 is 6.18 Å². The molecule has 13 heteroatoms. The summed E-state index contributed by atoms with van der Waals surface area (Å²) >= 11 is 0. The molecule has 3 amide bonds. The van der Waals surface area contributed by atoms with E-state index in [2.05, 4.69) is 16.7 Å². The number of nitrogens with one attached hydrogen (secondary N) is 2. The van der Waals surface area contributed by atoms with Crippen molar-refractivity contribution in [3.8, 4) is 11.8 Å². The Morgan fingerprint density at radius 2 is 1.77 bits per heavy atom. The Morgan fingerprint density at radius 1 is 1.07 bits per heavy atom. The number of hydrogen-bond acceptors (Lipinski definition) is 6. The number of likely N-dealkylation sites (N-methyl/N-ethyl adjacent to an activating group) is 1. The van der Waals surface area contributed by atoms with Crippen LogP contribution in [0.1, 0.15) is 30.7 Å². The van der Waals surface area contributed by atoms with Crippen molar-refractivity contribution in [1.29, 1.82) is 5.26 Å². The predicted octanol–water partition coefficient (Wildman–Crippen LogP) is 3.91. The molecule has 2 heterocycles. The summed E-state index contributed by atoms with van der Waals surface area (Å²) in [5, 5.41) is 20.5. The van der Waals surface area contributed by atoms with Gasteiger partial charge < -0.3 is 20.4 Å². The molecule has 0 radical (unpaired) electrons. The minimum atomic E-state index is -4.71. The molecule has 1 aromatic heterocycles. The third-order valence-corrected chi connectivity index (χ3v) is 7.56. The molecule has 0 spiro atoms. The average Bonchev–Trinajstić information content (AvgIpc) is 3.33. The van der Waals surface area contributed by atoms with Gasteiger partial charge in [0.25, 0.3) is 5.91 Å². The zero-order valence-corrected chi connectivity index (χ0v) is 24.0. The number of hydrogen-bond donors (Lipinski definition) is 2. The number of rotatable bonds is 6. The van der Waals surface area contributed by atoms with Crippen LogP contribution in [0.3, 0.4) is 0 Å². The van der Waals surface area contributed by atoms with E-state index in [9.17, 15) is 32.8 Å². The minimum Gasteiger partial charge on any atom is -0.341 e. The Morgan fingerprint density at radius 3 is 2.45 bits per heavy atom. The maximum Gasteiger partial charge on any atom is 0.416 e. The van der Waals surface area contributed by atoms with Crippen LogP contribution in [-0.2, 0) is 27.1 Å². The maximum atomic E-state index is 14.2. The third-order valence-electron chi connectivity index (χ3n) is 7.56. The van der Waals surface area contributed by atoms with Crippen molar-refractivity contribution < 1.29 is 27.6 Å². The van der Waals surface area contributed by atoms with Crippen molar-refractivity contribution in [2.45, 2.75) is 38.7 Å². The molecule has 3 aromatic carbocycles. The molecule has 10 nitrogen and oxygen atoms in total. The van der Waals surface area contributed by atoms with Crippen LogP contribution in [0.2, 0.25) is 0 Å². The molecule has 0 saturated heterocycles. The summed E-state index contributed by atoms with van der Waals surface area (Å²) in [6, 6.07) is 17.0. The van der Waals surface area contributed by atoms with Gasteiger partial charge in [0.2, 0.25) is 11.8 Å². The number of alkyl halides is 3. The molecular formula is C31H28F3N7O3. The van der Waals surface area contributed by atoms with E-state index in [0.717, 1.165) is 23.1 Å². The molecule has 1 aliphatic heterocycles. The second kappa shape index (κ2) is 11.8. The van der Waals surface area contributed by atoms with Gasteiger partial charge in [0.05, 0.1) is 58.5 Å². The van der Waals surface area contributed by atoms with Crippen LogP contribution in [0, 0.1) is 11.3 Å². The fourth-order valence-corrected chi connectivity index (χ4v) is 5.14. The number of fused-ring (bicyclic) bond motifs is 2. The lowest BCUT2D eigenvalue weighted by Crippen LogP contribution is -2.55. The number of carbonyl (C=O) groups is 3. The molecule has 226 valence electrons. The standard InChI is InChI=1S/C31H28F3N7O3/c1-18(36-3)29(43)37-24-17-39(19(2)42)28-14-21(31(32,33)34)12-13-27(28)40(30(24)44)16-23-22-9-5-7-11-26(22)41(38-23)25-10-6-4-8-20(25)15-35/h4-14,18,24,36H,16-17H2,1-3H3,(H,37,43)/t18-,24-/m0/s1. The van der Waals surface area contributed by atoms with Crippen LogP contribution in [-0.4, -0.2) is 53.2 Å². The molecule has 2 atom stereocenters. The highest BCUT2D eigenvalue weighted by Crippen LogP contribution is 2.40. The van der Waals surface area contributed by atoms with Crippen LogP contribution in [0.5, 0.6) is 0 Å². The Hall–Kier alpha value is -5.22. The van der Waals surface area contributed by atoms with Crippen molar-refractivity contribution in [2.24, 2.45) is 0 Å². The molecule has 44 heavy (non-hydrogen) atoms. The number of halogens is 3. The Labute approximate surface area is 250 Å². The van der Waals surface area contributed by atoms with Crippen LogP contribution >= 0.6 is 0 Å². The fourth-order valence-electron chi connectivity index (χ4n) is 5.14. The number of carbonyl (C=O) groups excluding carboxylic acids is 3. The average molecular weight is 604 g/mol. The predicted molar refractivity (Wildman–Crippen MR) is 157 cm³/mol. The van der Waals surface area contributed by atoms with E-state index >= 15 is 0 Å². The number of benzene rings is 3. The van der Waals surface area contributed by atoms with Gasteiger partial charge in [-0.1, -0.05) is 30.3 Å². The molecule has 0 aliphatic carbocycles. The number of para-hydroxylation sites is 2. The fraction of sp³-hybridized carbons (Fsp3) is 0.258. The van der Waals surface area contributed by atoms with Crippen molar-refractivity contribution in [3.05, 3.63) is 83.6 Å². The smallest absolute Gasteiger partial charge is 0.341 e. The molecule has 0 bridgehead atoms. The quantitative estimate of drug-likeness (QED) is 0.345. The first-order valence-electron chi connectivity index (χ1n) is 13.7. The highest BCUT2D eigenvalue weighted by Gasteiger charge is 2.39. The highest BCUT2D eigenvalue weighted by atomic mass is 19.4. The van der Waals surface area contributed by atoms with E-state index in [1.165, 1.54) is 11.8 Å². The summed E-state index contributed by atoms with van der Waals surface area (Å²) in [4.78, 5) is 42.1. The van der Waals surface area contributed by atoms with Gasteiger partial charge in [-0.25, -0.2) is 4.68 Å². The summed E-state index contributed by atoms with van der Waals surface area (Å²) in [5.41, 5.74) is 0.815. The summed E-state index contributed by atoms with van der Waals surface area (Å²) in [5.74, 6) is -1.77.